The number of nitrogens with zero attached hydrogens (tertiary/aromatic N) is 3. The molecule has 1 saturated heterocycles. The molecule has 1 aliphatic rings. The van der Waals surface area contributed by atoms with E-state index in [1.54, 1.807) is 11.8 Å². The number of benzene rings is 1. The Balaban J connectivity index is 1.37. The molecule has 2 aromatic rings. The fraction of sp³-hybridized carbons (Fsp3) is 0.524. The van der Waals surface area contributed by atoms with Crippen LogP contribution in [0.25, 0.3) is 0 Å². The summed E-state index contributed by atoms with van der Waals surface area (Å²) in [5.74, 6) is 2.67. The van der Waals surface area contributed by atoms with Crippen molar-refractivity contribution in [2.45, 2.75) is 44.4 Å². The Morgan fingerprint density at radius 2 is 1.73 bits per heavy atom. The van der Waals surface area contributed by atoms with E-state index in [1.165, 1.54) is 24.2 Å². The Labute approximate surface area is 161 Å². The minimum Gasteiger partial charge on any atom is -0.494 e. The van der Waals surface area contributed by atoms with E-state index in [1.807, 2.05) is 19.9 Å². The summed E-state index contributed by atoms with van der Waals surface area (Å²) in [6, 6.07) is 10.4. The Hall–Kier alpha value is -1.75. The van der Waals surface area contributed by atoms with Gasteiger partial charge < -0.3 is 9.64 Å². The summed E-state index contributed by atoms with van der Waals surface area (Å²) in [5, 5.41) is 0. The molecule has 0 amide bonds. The molecular formula is C21H29N3OS. The van der Waals surface area contributed by atoms with Gasteiger partial charge in [-0.05, 0) is 82.0 Å². The third kappa shape index (κ3) is 5.37. The largest absolute Gasteiger partial charge is 0.494 e. The van der Waals surface area contributed by atoms with E-state index in [9.17, 15) is 0 Å². The molecule has 4 nitrogen and oxygen atoms in total. The number of piperidine rings is 1. The molecule has 3 rings (SSSR count). The molecule has 0 saturated carbocycles. The first kappa shape index (κ1) is 19.0. The van der Waals surface area contributed by atoms with Crippen LogP contribution in [-0.4, -0.2) is 35.9 Å². The van der Waals surface area contributed by atoms with Crippen molar-refractivity contribution in [3.63, 3.8) is 0 Å². The quantitative estimate of drug-likeness (QED) is 0.512. The maximum Gasteiger partial charge on any atom is 0.225 e. The van der Waals surface area contributed by atoms with E-state index in [2.05, 4.69) is 45.4 Å². The van der Waals surface area contributed by atoms with E-state index in [0.717, 1.165) is 55.1 Å². The molecule has 5 heteroatoms. The number of rotatable bonds is 7. The summed E-state index contributed by atoms with van der Waals surface area (Å²) in [4.78, 5) is 12.8. The average molecular weight is 372 g/mol. The Kier molecular flexibility index (Phi) is 6.78. The molecule has 0 spiro atoms. The van der Waals surface area contributed by atoms with Crippen LogP contribution in [0.4, 0.5) is 5.95 Å². The molecule has 0 bridgehead atoms. The number of anilines is 1. The summed E-state index contributed by atoms with van der Waals surface area (Å²) < 4.78 is 5.87. The lowest BCUT2D eigenvalue weighted by atomic mass is 9.92. The summed E-state index contributed by atoms with van der Waals surface area (Å²) >= 11 is 1.76. The molecule has 0 unspecified atom stereocenters. The first-order chi connectivity index (χ1) is 12.6. The van der Waals surface area contributed by atoms with Crippen molar-refractivity contribution < 1.29 is 4.74 Å². The van der Waals surface area contributed by atoms with E-state index < -0.39 is 0 Å². The molecule has 1 aromatic carbocycles. The van der Waals surface area contributed by atoms with Crippen LogP contribution >= 0.6 is 11.8 Å². The average Bonchev–Trinajstić information content (AvgIpc) is 2.65. The summed E-state index contributed by atoms with van der Waals surface area (Å²) in [6.45, 7) is 7.01. The standard InChI is InChI=1S/C21H29N3OS/c1-16-15-17(2)23-21(22-16)24-12-10-18(11-13-24)5-4-14-25-19-6-8-20(26-3)9-7-19/h6-9,15,18H,4-5,10-14H2,1-3H3. The highest BCUT2D eigenvalue weighted by atomic mass is 32.2. The van der Waals surface area contributed by atoms with Gasteiger partial charge >= 0.3 is 0 Å². The molecule has 0 N–H and O–H groups in total. The van der Waals surface area contributed by atoms with Gasteiger partial charge in [0.15, 0.2) is 0 Å². The van der Waals surface area contributed by atoms with Crippen molar-refractivity contribution >= 4 is 17.7 Å². The molecule has 0 atom stereocenters. The lowest BCUT2D eigenvalue weighted by molar-refractivity contribution is 0.279. The van der Waals surface area contributed by atoms with Gasteiger partial charge in [-0.3, -0.25) is 0 Å². The first-order valence-corrected chi connectivity index (χ1v) is 10.7. The van der Waals surface area contributed by atoms with Crippen LogP contribution in [0.1, 0.15) is 37.1 Å². The van der Waals surface area contributed by atoms with E-state index in [4.69, 9.17) is 4.74 Å². The van der Waals surface area contributed by atoms with Crippen LogP contribution in [-0.2, 0) is 0 Å². The first-order valence-electron chi connectivity index (χ1n) is 9.48. The molecule has 26 heavy (non-hydrogen) atoms. The molecule has 2 heterocycles. The summed E-state index contributed by atoms with van der Waals surface area (Å²) in [5.41, 5.74) is 2.11. The van der Waals surface area contributed by atoms with E-state index in [0.29, 0.717) is 0 Å². The van der Waals surface area contributed by atoms with Gasteiger partial charge in [-0.2, -0.15) is 0 Å². The van der Waals surface area contributed by atoms with Gasteiger partial charge in [0, 0.05) is 29.4 Å². The fourth-order valence-corrected chi connectivity index (χ4v) is 3.91. The lowest BCUT2D eigenvalue weighted by Gasteiger charge is -2.32. The monoisotopic (exact) mass is 371 g/mol. The molecule has 0 radical (unpaired) electrons. The van der Waals surface area contributed by atoms with Crippen molar-refractivity contribution in [2.75, 3.05) is 30.9 Å². The normalized spacial score (nSPS) is 15.3. The Morgan fingerprint density at radius 3 is 2.35 bits per heavy atom. The zero-order valence-electron chi connectivity index (χ0n) is 16.1. The van der Waals surface area contributed by atoms with Crippen molar-refractivity contribution in [2.24, 2.45) is 5.92 Å². The SMILES string of the molecule is CSc1ccc(OCCCC2CCN(c3nc(C)cc(C)n3)CC2)cc1. The lowest BCUT2D eigenvalue weighted by Crippen LogP contribution is -2.35. The topological polar surface area (TPSA) is 38.2 Å². The maximum atomic E-state index is 5.87. The summed E-state index contributed by atoms with van der Waals surface area (Å²) in [6.07, 6.45) is 6.89. The van der Waals surface area contributed by atoms with Crippen LogP contribution in [0.15, 0.2) is 35.2 Å². The second-order valence-corrected chi connectivity index (χ2v) is 7.93. The minimum absolute atomic E-state index is 0.791. The van der Waals surface area contributed by atoms with Crippen LogP contribution in [0.3, 0.4) is 0 Å². The van der Waals surface area contributed by atoms with E-state index in [-0.39, 0.29) is 0 Å². The van der Waals surface area contributed by atoms with Crippen molar-refractivity contribution in [1.29, 1.82) is 0 Å². The van der Waals surface area contributed by atoms with Gasteiger partial charge in [-0.1, -0.05) is 0 Å². The van der Waals surface area contributed by atoms with Gasteiger partial charge in [-0.25, -0.2) is 9.97 Å². The number of ether oxygens (including phenoxy) is 1. The van der Waals surface area contributed by atoms with E-state index >= 15 is 0 Å². The Morgan fingerprint density at radius 1 is 1.08 bits per heavy atom. The highest BCUT2D eigenvalue weighted by Crippen LogP contribution is 2.25. The van der Waals surface area contributed by atoms with Crippen LogP contribution in [0.2, 0.25) is 0 Å². The molecule has 1 aromatic heterocycles. The molecule has 1 fully saturated rings. The predicted molar refractivity (Wildman–Crippen MR) is 109 cm³/mol. The van der Waals surface area contributed by atoms with Gasteiger partial charge in [-0.15, -0.1) is 11.8 Å². The Bertz CT molecular complexity index is 677. The van der Waals surface area contributed by atoms with Crippen LogP contribution in [0, 0.1) is 19.8 Å². The van der Waals surface area contributed by atoms with Crippen LogP contribution < -0.4 is 9.64 Å². The highest BCUT2D eigenvalue weighted by Gasteiger charge is 2.21. The fourth-order valence-electron chi connectivity index (χ4n) is 3.50. The number of aromatic nitrogens is 2. The van der Waals surface area contributed by atoms with Crippen molar-refractivity contribution in [1.82, 2.24) is 9.97 Å². The predicted octanol–water partition coefficient (Wildman–Crippen LogP) is 4.89. The molecular weight excluding hydrogens is 342 g/mol. The zero-order valence-corrected chi connectivity index (χ0v) is 16.9. The third-order valence-electron chi connectivity index (χ3n) is 4.95. The smallest absolute Gasteiger partial charge is 0.225 e. The van der Waals surface area contributed by atoms with Gasteiger partial charge in [0.1, 0.15) is 5.75 Å². The molecule has 1 aliphatic heterocycles. The summed E-state index contributed by atoms with van der Waals surface area (Å²) in [7, 11) is 0. The number of thioether (sulfide) groups is 1. The number of aryl methyl sites for hydroxylation is 2. The number of hydrogen-bond donors (Lipinski definition) is 0. The molecule has 140 valence electrons. The second-order valence-electron chi connectivity index (χ2n) is 7.05. The third-order valence-corrected chi connectivity index (χ3v) is 5.70. The van der Waals surface area contributed by atoms with Gasteiger partial charge in [0.05, 0.1) is 6.61 Å². The highest BCUT2D eigenvalue weighted by molar-refractivity contribution is 7.98. The van der Waals surface area contributed by atoms with Crippen LogP contribution in [0.5, 0.6) is 5.75 Å². The maximum absolute atomic E-state index is 5.87. The van der Waals surface area contributed by atoms with Gasteiger partial charge in [0.2, 0.25) is 5.95 Å². The van der Waals surface area contributed by atoms with Gasteiger partial charge in [0.25, 0.3) is 0 Å². The second kappa shape index (κ2) is 9.26. The molecule has 0 aliphatic carbocycles. The zero-order chi connectivity index (χ0) is 18.4. The minimum atomic E-state index is 0.791. The van der Waals surface area contributed by atoms with Crippen molar-refractivity contribution in [3.8, 4) is 5.75 Å². The van der Waals surface area contributed by atoms with Crippen molar-refractivity contribution in [3.05, 3.63) is 41.7 Å². The number of hydrogen-bond acceptors (Lipinski definition) is 5.